The molecule has 0 aliphatic rings. The molecule has 0 atom stereocenters. The van der Waals surface area contributed by atoms with Crippen LogP contribution in [0.1, 0.15) is 10.4 Å². The van der Waals surface area contributed by atoms with Crippen molar-refractivity contribution in [1.29, 1.82) is 0 Å². The molecule has 0 amide bonds. The molecule has 1 nitrogen and oxygen atoms in total. The summed E-state index contributed by atoms with van der Waals surface area (Å²) in [6.45, 7) is 0. The largest absolute Gasteiger partial charge is 0.279 e. The molecule has 0 unspecified atom stereocenters. The van der Waals surface area contributed by atoms with Crippen molar-refractivity contribution in [3.05, 3.63) is 34.9 Å². The molecule has 0 saturated carbocycles. The topological polar surface area (TPSA) is 17.1 Å². The van der Waals surface area contributed by atoms with Crippen molar-refractivity contribution in [1.82, 2.24) is 0 Å². The van der Waals surface area contributed by atoms with E-state index in [9.17, 15) is 4.79 Å². The first kappa shape index (κ1) is 9.56. The molecule has 1 rings (SSSR count). The average molecular weight is 290 g/mol. The predicted molar refractivity (Wildman–Crippen MR) is 57.6 cm³/mol. The summed E-state index contributed by atoms with van der Waals surface area (Å²) in [5, 5.41) is 0.619. The fourth-order valence-electron chi connectivity index (χ4n) is 0.716. The standard InChI is InChI=1S/C9H4ClIO/c10-8-3-1-7(2-4-8)9(12)5-6-11/h1-4H. The van der Waals surface area contributed by atoms with Crippen molar-refractivity contribution >= 4 is 40.0 Å². The number of Topliss-reactive ketones (excluding diaryl/α,β-unsaturated/α-hetero) is 1. The number of ketones is 1. The zero-order valence-electron chi connectivity index (χ0n) is 5.97. The first-order chi connectivity index (χ1) is 5.74. The van der Waals surface area contributed by atoms with E-state index in [-0.39, 0.29) is 5.78 Å². The van der Waals surface area contributed by atoms with E-state index in [2.05, 4.69) is 9.85 Å². The zero-order chi connectivity index (χ0) is 8.97. The summed E-state index contributed by atoms with van der Waals surface area (Å²) in [5.41, 5.74) is 0.573. The molecule has 0 heterocycles. The van der Waals surface area contributed by atoms with Crippen LogP contribution in [-0.4, -0.2) is 5.78 Å². The summed E-state index contributed by atoms with van der Waals surface area (Å²) in [6.07, 6.45) is 0. The highest BCUT2D eigenvalue weighted by Gasteiger charge is 1.99. The predicted octanol–water partition coefficient (Wildman–Crippen LogP) is 2.92. The van der Waals surface area contributed by atoms with E-state index in [1.807, 2.05) is 22.6 Å². The molecule has 0 aromatic heterocycles. The van der Waals surface area contributed by atoms with Crippen LogP contribution in [0.5, 0.6) is 0 Å². The van der Waals surface area contributed by atoms with Crippen LogP contribution in [0, 0.1) is 9.85 Å². The lowest BCUT2D eigenvalue weighted by molar-refractivity contribution is 0.105. The fourth-order valence-corrected chi connectivity index (χ4v) is 1.09. The monoisotopic (exact) mass is 290 g/mol. The van der Waals surface area contributed by atoms with E-state index < -0.39 is 0 Å². The minimum Gasteiger partial charge on any atom is -0.279 e. The first-order valence-electron chi connectivity index (χ1n) is 3.15. The zero-order valence-corrected chi connectivity index (χ0v) is 8.89. The minimum absolute atomic E-state index is 0.180. The van der Waals surface area contributed by atoms with E-state index in [1.54, 1.807) is 24.3 Å². The van der Waals surface area contributed by atoms with Gasteiger partial charge < -0.3 is 0 Å². The number of carbonyl (C=O) groups is 1. The van der Waals surface area contributed by atoms with Gasteiger partial charge in [-0.25, -0.2) is 0 Å². The molecule has 0 radical (unpaired) electrons. The van der Waals surface area contributed by atoms with Gasteiger partial charge in [0.2, 0.25) is 5.78 Å². The fraction of sp³-hybridized carbons (Fsp3) is 0. The van der Waals surface area contributed by atoms with Crippen LogP contribution in [0.4, 0.5) is 0 Å². The Balaban J connectivity index is 2.95. The third kappa shape index (κ3) is 2.50. The Labute approximate surface area is 89.3 Å². The van der Waals surface area contributed by atoms with Crippen molar-refractivity contribution in [3.8, 4) is 9.85 Å². The highest BCUT2D eigenvalue weighted by Crippen LogP contribution is 2.09. The summed E-state index contributed by atoms with van der Waals surface area (Å²) < 4.78 is 2.52. The van der Waals surface area contributed by atoms with E-state index in [0.29, 0.717) is 10.6 Å². The van der Waals surface area contributed by atoms with Crippen molar-refractivity contribution in [2.75, 3.05) is 0 Å². The van der Waals surface area contributed by atoms with Crippen LogP contribution in [0.3, 0.4) is 0 Å². The first-order valence-corrected chi connectivity index (χ1v) is 4.61. The normalized spacial score (nSPS) is 8.50. The maximum absolute atomic E-state index is 11.1. The Bertz CT molecular complexity index is 345. The molecule has 0 bridgehead atoms. The highest BCUT2D eigenvalue weighted by molar-refractivity contribution is 14.1. The van der Waals surface area contributed by atoms with Gasteiger partial charge in [0.1, 0.15) is 0 Å². The maximum atomic E-state index is 11.1. The quantitative estimate of drug-likeness (QED) is 0.441. The number of halogens is 2. The van der Waals surface area contributed by atoms with Gasteiger partial charge in [0.15, 0.2) is 0 Å². The highest BCUT2D eigenvalue weighted by atomic mass is 127. The van der Waals surface area contributed by atoms with Gasteiger partial charge in [-0.3, -0.25) is 4.79 Å². The number of benzene rings is 1. The number of hydrogen-bond acceptors (Lipinski definition) is 1. The third-order valence-electron chi connectivity index (χ3n) is 1.27. The van der Waals surface area contributed by atoms with Gasteiger partial charge >= 0.3 is 0 Å². The molecule has 12 heavy (non-hydrogen) atoms. The van der Waals surface area contributed by atoms with Gasteiger partial charge in [0.05, 0.1) is 0 Å². The average Bonchev–Trinajstić information content (AvgIpc) is 2.06. The molecule has 0 aliphatic heterocycles. The Morgan fingerprint density at radius 1 is 1.33 bits per heavy atom. The van der Waals surface area contributed by atoms with Crippen LogP contribution in [-0.2, 0) is 0 Å². The van der Waals surface area contributed by atoms with Crippen LogP contribution in [0.25, 0.3) is 0 Å². The van der Waals surface area contributed by atoms with Crippen LogP contribution >= 0.6 is 34.2 Å². The lowest BCUT2D eigenvalue weighted by Crippen LogP contribution is -1.92. The minimum atomic E-state index is -0.180. The summed E-state index contributed by atoms with van der Waals surface area (Å²) in [4.78, 5) is 11.1. The van der Waals surface area contributed by atoms with Gasteiger partial charge in [-0.1, -0.05) is 11.6 Å². The summed E-state index contributed by atoms with van der Waals surface area (Å²) in [6, 6.07) is 6.66. The summed E-state index contributed by atoms with van der Waals surface area (Å²) in [5.74, 6) is 2.26. The van der Waals surface area contributed by atoms with Crippen LogP contribution < -0.4 is 0 Å². The van der Waals surface area contributed by atoms with Gasteiger partial charge in [0.25, 0.3) is 0 Å². The number of hydrogen-bond donors (Lipinski definition) is 0. The number of rotatable bonds is 1. The van der Waals surface area contributed by atoms with Crippen molar-refractivity contribution in [2.24, 2.45) is 0 Å². The van der Waals surface area contributed by atoms with Gasteiger partial charge in [0, 0.05) is 33.2 Å². The van der Waals surface area contributed by atoms with E-state index in [4.69, 9.17) is 11.6 Å². The Morgan fingerprint density at radius 2 is 1.92 bits per heavy atom. The molecule has 1 aromatic carbocycles. The Morgan fingerprint density at radius 3 is 2.42 bits per heavy atom. The lowest BCUT2D eigenvalue weighted by atomic mass is 10.1. The second-order valence-electron chi connectivity index (χ2n) is 2.06. The SMILES string of the molecule is O=C(C#CI)c1ccc(Cl)cc1. The summed E-state index contributed by atoms with van der Waals surface area (Å²) >= 11 is 7.47. The van der Waals surface area contributed by atoms with Gasteiger partial charge in [-0.15, -0.1) is 0 Å². The molecule has 3 heteroatoms. The summed E-state index contributed by atoms with van der Waals surface area (Å²) in [7, 11) is 0. The van der Waals surface area contributed by atoms with Crippen LogP contribution in [0.2, 0.25) is 5.02 Å². The van der Waals surface area contributed by atoms with Crippen molar-refractivity contribution in [2.45, 2.75) is 0 Å². The van der Waals surface area contributed by atoms with E-state index in [1.165, 1.54) is 0 Å². The van der Waals surface area contributed by atoms with Crippen molar-refractivity contribution in [3.63, 3.8) is 0 Å². The maximum Gasteiger partial charge on any atom is 0.236 e. The molecule has 0 saturated heterocycles. The molecule has 0 N–H and O–H groups in total. The second kappa shape index (κ2) is 4.48. The molecule has 0 aliphatic carbocycles. The van der Waals surface area contributed by atoms with E-state index in [0.717, 1.165) is 0 Å². The molecule has 60 valence electrons. The molecule has 0 spiro atoms. The van der Waals surface area contributed by atoms with E-state index >= 15 is 0 Å². The molecular formula is C9H4ClIO. The van der Waals surface area contributed by atoms with Crippen molar-refractivity contribution < 1.29 is 4.79 Å². The Kier molecular flexibility index (Phi) is 3.57. The molecule has 1 aromatic rings. The van der Waals surface area contributed by atoms with Gasteiger partial charge in [-0.2, -0.15) is 0 Å². The molecular weight excluding hydrogens is 286 g/mol. The second-order valence-corrected chi connectivity index (χ2v) is 3.03. The third-order valence-corrected chi connectivity index (χ3v) is 1.79. The van der Waals surface area contributed by atoms with Crippen LogP contribution in [0.15, 0.2) is 24.3 Å². The number of carbonyl (C=O) groups excluding carboxylic acids is 1. The Hall–Kier alpha value is -0.530. The molecule has 0 fully saturated rings. The van der Waals surface area contributed by atoms with Gasteiger partial charge in [-0.05, 0) is 34.1 Å². The smallest absolute Gasteiger partial charge is 0.236 e. The lowest BCUT2D eigenvalue weighted by Gasteiger charge is -1.92.